The van der Waals surface area contributed by atoms with Crippen molar-refractivity contribution in [2.24, 2.45) is 5.92 Å². The molecule has 0 aliphatic carbocycles. The molecule has 0 saturated carbocycles. The Bertz CT molecular complexity index is 241. The van der Waals surface area contributed by atoms with Crippen LogP contribution in [0.15, 0.2) is 0 Å². The van der Waals surface area contributed by atoms with Gasteiger partial charge in [-0.1, -0.05) is 0 Å². The second-order valence-corrected chi connectivity index (χ2v) is 5.15. The number of halogens is 1. The fourth-order valence-corrected chi connectivity index (χ4v) is 1.63. The molecule has 5 heteroatoms. The molecule has 0 spiro atoms. The molecule has 0 aromatic rings. The maximum Gasteiger partial charge on any atom is 0.407 e. The monoisotopic (exact) mass is 232 g/mol. The molecular weight excluding hydrogens is 211 g/mol. The van der Waals surface area contributed by atoms with Gasteiger partial charge in [0, 0.05) is 19.0 Å². The Morgan fingerprint density at radius 3 is 2.81 bits per heavy atom. The van der Waals surface area contributed by atoms with E-state index in [1.165, 1.54) is 0 Å². The average Bonchev–Trinajstić information content (AvgIpc) is 2.14. The maximum atomic E-state index is 13.4. The number of ether oxygens (including phenoxy) is 1. The van der Waals surface area contributed by atoms with Crippen LogP contribution in [0.25, 0.3) is 0 Å². The molecule has 16 heavy (non-hydrogen) atoms. The molecule has 0 aromatic carbocycles. The predicted molar refractivity (Wildman–Crippen MR) is 60.1 cm³/mol. The van der Waals surface area contributed by atoms with Gasteiger partial charge >= 0.3 is 6.09 Å². The van der Waals surface area contributed by atoms with Crippen molar-refractivity contribution in [3.05, 3.63) is 0 Å². The molecule has 0 bridgehead atoms. The summed E-state index contributed by atoms with van der Waals surface area (Å²) >= 11 is 0. The molecule has 1 aliphatic heterocycles. The molecule has 4 nitrogen and oxygen atoms in total. The van der Waals surface area contributed by atoms with Crippen molar-refractivity contribution < 1.29 is 13.9 Å². The fraction of sp³-hybridized carbons (Fsp3) is 0.909. The van der Waals surface area contributed by atoms with Crippen LogP contribution in [0.4, 0.5) is 9.18 Å². The summed E-state index contributed by atoms with van der Waals surface area (Å²) in [5.74, 6) is -0.103. The van der Waals surface area contributed by atoms with Crippen molar-refractivity contribution in [1.29, 1.82) is 0 Å². The van der Waals surface area contributed by atoms with E-state index in [0.29, 0.717) is 13.1 Å². The first-order valence-corrected chi connectivity index (χ1v) is 5.70. The van der Waals surface area contributed by atoms with Crippen molar-refractivity contribution in [3.8, 4) is 0 Å². The van der Waals surface area contributed by atoms with Crippen molar-refractivity contribution in [2.45, 2.75) is 39.0 Å². The molecular formula is C11H21FN2O2. The van der Waals surface area contributed by atoms with Crippen LogP contribution >= 0.6 is 0 Å². The standard InChI is InChI=1S/C11H21FN2O2/c1-11(2,3)16-10(15)14-6-8-4-5-13-7-9(8)12/h8-9,13H,4-7H2,1-3H3,(H,14,15)/t8-,9-/m1/s1. The third kappa shape index (κ3) is 4.79. The van der Waals surface area contributed by atoms with Gasteiger partial charge in [-0.15, -0.1) is 0 Å². The van der Waals surface area contributed by atoms with Crippen LogP contribution in [0.2, 0.25) is 0 Å². The van der Waals surface area contributed by atoms with Gasteiger partial charge in [-0.05, 0) is 33.7 Å². The maximum absolute atomic E-state index is 13.4. The van der Waals surface area contributed by atoms with E-state index in [0.717, 1.165) is 13.0 Å². The minimum atomic E-state index is -0.885. The molecule has 1 heterocycles. The van der Waals surface area contributed by atoms with Gasteiger partial charge in [0.2, 0.25) is 0 Å². The van der Waals surface area contributed by atoms with Crippen LogP contribution in [-0.2, 0) is 4.74 Å². The molecule has 1 fully saturated rings. The van der Waals surface area contributed by atoms with Crippen LogP contribution in [-0.4, -0.2) is 37.5 Å². The van der Waals surface area contributed by atoms with E-state index in [2.05, 4.69) is 10.6 Å². The van der Waals surface area contributed by atoms with E-state index in [4.69, 9.17) is 4.74 Å². The van der Waals surface area contributed by atoms with Crippen LogP contribution in [0.1, 0.15) is 27.2 Å². The summed E-state index contributed by atoms with van der Waals surface area (Å²) in [4.78, 5) is 11.3. The number of piperidine rings is 1. The predicted octanol–water partition coefficient (Wildman–Crippen LogP) is 1.46. The van der Waals surface area contributed by atoms with Gasteiger partial charge in [0.1, 0.15) is 11.8 Å². The lowest BCUT2D eigenvalue weighted by Gasteiger charge is -2.27. The Morgan fingerprint density at radius 2 is 2.25 bits per heavy atom. The lowest BCUT2D eigenvalue weighted by molar-refractivity contribution is 0.0502. The molecule has 1 saturated heterocycles. The Hall–Kier alpha value is -0.840. The van der Waals surface area contributed by atoms with E-state index in [1.54, 1.807) is 20.8 Å². The van der Waals surface area contributed by atoms with E-state index in [1.807, 2.05) is 0 Å². The number of amides is 1. The zero-order valence-electron chi connectivity index (χ0n) is 10.2. The second-order valence-electron chi connectivity index (χ2n) is 5.15. The van der Waals surface area contributed by atoms with E-state index in [9.17, 15) is 9.18 Å². The summed E-state index contributed by atoms with van der Waals surface area (Å²) in [6.07, 6.45) is -0.612. The molecule has 94 valence electrons. The summed E-state index contributed by atoms with van der Waals surface area (Å²) in [6, 6.07) is 0. The van der Waals surface area contributed by atoms with Crippen LogP contribution in [0.3, 0.4) is 0 Å². The second kappa shape index (κ2) is 5.48. The zero-order chi connectivity index (χ0) is 12.2. The van der Waals surface area contributed by atoms with Gasteiger partial charge in [0.15, 0.2) is 0 Å². The highest BCUT2D eigenvalue weighted by atomic mass is 19.1. The topological polar surface area (TPSA) is 50.4 Å². The van der Waals surface area contributed by atoms with Gasteiger partial charge < -0.3 is 15.4 Å². The zero-order valence-corrected chi connectivity index (χ0v) is 10.2. The molecule has 1 rings (SSSR count). The Kier molecular flexibility index (Phi) is 4.53. The summed E-state index contributed by atoms with van der Waals surface area (Å²) in [7, 11) is 0. The first-order valence-electron chi connectivity index (χ1n) is 5.70. The summed E-state index contributed by atoms with van der Waals surface area (Å²) in [6.45, 7) is 6.93. The normalized spacial score (nSPS) is 26.2. The Morgan fingerprint density at radius 1 is 1.56 bits per heavy atom. The molecule has 0 unspecified atom stereocenters. The lowest BCUT2D eigenvalue weighted by Crippen LogP contribution is -2.44. The summed E-state index contributed by atoms with van der Waals surface area (Å²) in [5.41, 5.74) is -0.507. The molecule has 0 radical (unpaired) electrons. The van der Waals surface area contributed by atoms with Crippen LogP contribution in [0.5, 0.6) is 0 Å². The third-order valence-corrected chi connectivity index (χ3v) is 2.45. The minimum absolute atomic E-state index is 0.103. The number of carbonyl (C=O) groups is 1. The fourth-order valence-electron chi connectivity index (χ4n) is 1.63. The number of rotatable bonds is 2. The highest BCUT2D eigenvalue weighted by Crippen LogP contribution is 2.15. The first kappa shape index (κ1) is 13.2. The van der Waals surface area contributed by atoms with Gasteiger partial charge in [0.25, 0.3) is 0 Å². The summed E-state index contributed by atoms with van der Waals surface area (Å²) in [5, 5.41) is 5.58. The first-order chi connectivity index (χ1) is 7.38. The largest absolute Gasteiger partial charge is 0.444 e. The van der Waals surface area contributed by atoms with E-state index >= 15 is 0 Å². The highest BCUT2D eigenvalue weighted by Gasteiger charge is 2.25. The lowest BCUT2D eigenvalue weighted by atomic mass is 9.96. The smallest absolute Gasteiger partial charge is 0.407 e. The van der Waals surface area contributed by atoms with Gasteiger partial charge in [-0.3, -0.25) is 0 Å². The van der Waals surface area contributed by atoms with Crippen LogP contribution in [0, 0.1) is 5.92 Å². The average molecular weight is 232 g/mol. The molecule has 2 N–H and O–H groups in total. The van der Waals surface area contributed by atoms with Crippen molar-refractivity contribution in [2.75, 3.05) is 19.6 Å². The number of nitrogens with one attached hydrogen (secondary N) is 2. The van der Waals surface area contributed by atoms with Crippen molar-refractivity contribution >= 4 is 6.09 Å². The molecule has 1 aliphatic rings. The quantitative estimate of drug-likeness (QED) is 0.758. The van der Waals surface area contributed by atoms with Gasteiger partial charge in [0.05, 0.1) is 0 Å². The number of alkyl carbamates (subject to hydrolysis) is 1. The SMILES string of the molecule is CC(C)(C)OC(=O)NC[C@H]1CCNC[C@H]1F. The summed E-state index contributed by atoms with van der Waals surface area (Å²) < 4.78 is 18.5. The highest BCUT2D eigenvalue weighted by molar-refractivity contribution is 5.67. The third-order valence-electron chi connectivity index (χ3n) is 2.45. The minimum Gasteiger partial charge on any atom is -0.444 e. The van der Waals surface area contributed by atoms with Crippen molar-refractivity contribution in [3.63, 3.8) is 0 Å². The van der Waals surface area contributed by atoms with Gasteiger partial charge in [-0.25, -0.2) is 9.18 Å². The van der Waals surface area contributed by atoms with Crippen LogP contribution < -0.4 is 10.6 Å². The van der Waals surface area contributed by atoms with E-state index < -0.39 is 17.9 Å². The number of alkyl halides is 1. The molecule has 2 atom stereocenters. The van der Waals surface area contributed by atoms with Gasteiger partial charge in [-0.2, -0.15) is 0 Å². The number of hydrogen-bond donors (Lipinski definition) is 2. The number of hydrogen-bond acceptors (Lipinski definition) is 3. The molecule has 1 amide bonds. The van der Waals surface area contributed by atoms with E-state index in [-0.39, 0.29) is 5.92 Å². The Balaban J connectivity index is 2.25. The number of carbonyl (C=O) groups excluding carboxylic acids is 1. The molecule has 0 aromatic heterocycles. The van der Waals surface area contributed by atoms with Crippen molar-refractivity contribution in [1.82, 2.24) is 10.6 Å². The Labute approximate surface area is 95.9 Å².